The number of rotatable bonds is 7. The van der Waals surface area contributed by atoms with Crippen LogP contribution in [0.3, 0.4) is 0 Å². The Hall–Kier alpha value is -0.120. The van der Waals surface area contributed by atoms with Gasteiger partial charge in [0.05, 0.1) is 0 Å². The van der Waals surface area contributed by atoms with Gasteiger partial charge in [-0.25, -0.2) is 0 Å². The second-order valence-corrected chi connectivity index (χ2v) is 7.11. The molecule has 0 bridgehead atoms. The monoisotopic (exact) mass is 315 g/mol. The van der Waals surface area contributed by atoms with E-state index in [0.717, 1.165) is 19.5 Å². The van der Waals surface area contributed by atoms with E-state index < -0.39 is 0 Å². The Morgan fingerprint density at radius 3 is 2.76 bits per heavy atom. The van der Waals surface area contributed by atoms with E-state index in [4.69, 9.17) is 0 Å². The van der Waals surface area contributed by atoms with Crippen molar-refractivity contribution >= 4 is 27.3 Å². The van der Waals surface area contributed by atoms with Gasteiger partial charge in [0, 0.05) is 21.3 Å². The molecule has 17 heavy (non-hydrogen) atoms. The quantitative estimate of drug-likeness (QED) is 0.731. The molecule has 0 aliphatic heterocycles. The average Bonchev–Trinajstić information content (AvgIpc) is 2.64. The highest BCUT2D eigenvalue weighted by molar-refractivity contribution is 9.10. The zero-order valence-corrected chi connectivity index (χ0v) is 13.3. The molecule has 0 saturated carbocycles. The SMILES string of the molecule is C=CC(C)(CNCC(C)C)Cc1sccc1Br. The fourth-order valence-corrected chi connectivity index (χ4v) is 3.36. The van der Waals surface area contributed by atoms with Gasteiger partial charge in [0.15, 0.2) is 0 Å². The lowest BCUT2D eigenvalue weighted by Gasteiger charge is -2.26. The molecular formula is C14H22BrNS. The molecule has 96 valence electrons. The van der Waals surface area contributed by atoms with Gasteiger partial charge in [0.1, 0.15) is 0 Å². The molecule has 3 heteroatoms. The van der Waals surface area contributed by atoms with Gasteiger partial charge < -0.3 is 5.32 Å². The van der Waals surface area contributed by atoms with Crippen molar-refractivity contribution in [3.63, 3.8) is 0 Å². The molecule has 0 radical (unpaired) electrons. The number of hydrogen-bond acceptors (Lipinski definition) is 2. The molecule has 0 aliphatic carbocycles. The van der Waals surface area contributed by atoms with E-state index >= 15 is 0 Å². The molecular weight excluding hydrogens is 294 g/mol. The van der Waals surface area contributed by atoms with Crippen LogP contribution in [-0.2, 0) is 6.42 Å². The average molecular weight is 316 g/mol. The summed E-state index contributed by atoms with van der Waals surface area (Å²) in [4.78, 5) is 1.40. The predicted octanol–water partition coefficient (Wildman–Crippen LogP) is 4.49. The maximum Gasteiger partial charge on any atom is 0.0314 e. The Kier molecular flexibility index (Phi) is 5.90. The Balaban J connectivity index is 2.56. The summed E-state index contributed by atoms with van der Waals surface area (Å²) < 4.78 is 1.22. The third-order valence-corrected chi connectivity index (χ3v) is 4.76. The molecule has 0 spiro atoms. The molecule has 1 aromatic heterocycles. The van der Waals surface area contributed by atoms with Gasteiger partial charge in [-0.1, -0.05) is 26.8 Å². The summed E-state index contributed by atoms with van der Waals surface area (Å²) in [7, 11) is 0. The molecule has 0 saturated heterocycles. The van der Waals surface area contributed by atoms with Gasteiger partial charge in [0.2, 0.25) is 0 Å². The third-order valence-electron chi connectivity index (χ3n) is 2.83. The van der Waals surface area contributed by atoms with Crippen LogP contribution in [0.5, 0.6) is 0 Å². The molecule has 1 rings (SSSR count). The number of thiophene rings is 1. The van der Waals surface area contributed by atoms with Crippen molar-refractivity contribution in [1.29, 1.82) is 0 Å². The molecule has 1 atom stereocenters. The number of nitrogens with one attached hydrogen (secondary N) is 1. The van der Waals surface area contributed by atoms with Crippen LogP contribution >= 0.6 is 27.3 Å². The highest BCUT2D eigenvalue weighted by Gasteiger charge is 2.22. The molecule has 0 aliphatic rings. The molecule has 1 nitrogen and oxygen atoms in total. The summed E-state index contributed by atoms with van der Waals surface area (Å²) in [5.41, 5.74) is 0.127. The van der Waals surface area contributed by atoms with Gasteiger partial charge in [-0.15, -0.1) is 17.9 Å². The van der Waals surface area contributed by atoms with Gasteiger partial charge in [0.25, 0.3) is 0 Å². The van der Waals surface area contributed by atoms with Crippen molar-refractivity contribution in [3.05, 3.63) is 33.5 Å². The zero-order valence-electron chi connectivity index (χ0n) is 10.9. The Morgan fingerprint density at radius 2 is 2.29 bits per heavy atom. The van der Waals surface area contributed by atoms with E-state index in [2.05, 4.69) is 66.1 Å². The van der Waals surface area contributed by atoms with Gasteiger partial charge >= 0.3 is 0 Å². The van der Waals surface area contributed by atoms with E-state index in [0.29, 0.717) is 5.92 Å². The Morgan fingerprint density at radius 1 is 1.59 bits per heavy atom. The van der Waals surface area contributed by atoms with E-state index in [-0.39, 0.29) is 5.41 Å². The normalized spacial score (nSPS) is 14.9. The van der Waals surface area contributed by atoms with E-state index in [9.17, 15) is 0 Å². The highest BCUT2D eigenvalue weighted by Crippen LogP contribution is 2.31. The van der Waals surface area contributed by atoms with Crippen molar-refractivity contribution in [1.82, 2.24) is 5.32 Å². The molecule has 1 N–H and O–H groups in total. The molecule has 0 aromatic carbocycles. The molecule has 1 unspecified atom stereocenters. The second kappa shape index (κ2) is 6.72. The first-order chi connectivity index (χ1) is 7.97. The van der Waals surface area contributed by atoms with Crippen molar-refractivity contribution in [3.8, 4) is 0 Å². The fourth-order valence-electron chi connectivity index (χ4n) is 1.67. The predicted molar refractivity (Wildman–Crippen MR) is 81.7 cm³/mol. The molecule has 1 aromatic rings. The minimum absolute atomic E-state index is 0.127. The number of hydrogen-bond donors (Lipinski definition) is 1. The lowest BCUT2D eigenvalue weighted by molar-refractivity contribution is 0.379. The summed E-state index contributed by atoms with van der Waals surface area (Å²) in [6.45, 7) is 12.8. The summed E-state index contributed by atoms with van der Waals surface area (Å²) >= 11 is 5.40. The molecule has 0 fully saturated rings. The summed E-state index contributed by atoms with van der Waals surface area (Å²) in [5, 5.41) is 5.66. The highest BCUT2D eigenvalue weighted by atomic mass is 79.9. The summed E-state index contributed by atoms with van der Waals surface area (Å²) in [6, 6.07) is 2.12. The van der Waals surface area contributed by atoms with Crippen molar-refractivity contribution < 1.29 is 0 Å². The minimum Gasteiger partial charge on any atom is -0.316 e. The van der Waals surface area contributed by atoms with Crippen LogP contribution in [0.1, 0.15) is 25.6 Å². The van der Waals surface area contributed by atoms with Gasteiger partial charge in [-0.2, -0.15) is 0 Å². The van der Waals surface area contributed by atoms with Crippen LogP contribution < -0.4 is 5.32 Å². The maximum absolute atomic E-state index is 3.99. The van der Waals surface area contributed by atoms with Crippen LogP contribution in [-0.4, -0.2) is 13.1 Å². The van der Waals surface area contributed by atoms with E-state index in [1.807, 2.05) is 11.3 Å². The van der Waals surface area contributed by atoms with Crippen molar-refractivity contribution in [2.45, 2.75) is 27.2 Å². The van der Waals surface area contributed by atoms with Crippen LogP contribution in [0.2, 0.25) is 0 Å². The fraction of sp³-hybridized carbons (Fsp3) is 0.571. The standard InChI is InChI=1S/C14H22BrNS/c1-5-14(4,10-16-9-11(2)3)8-13-12(15)6-7-17-13/h5-7,11,16H,1,8-10H2,2-4H3. The largest absolute Gasteiger partial charge is 0.316 e. The van der Waals surface area contributed by atoms with Crippen LogP contribution in [0, 0.1) is 11.3 Å². The zero-order chi connectivity index (χ0) is 12.9. The smallest absolute Gasteiger partial charge is 0.0314 e. The Labute approximate surface area is 117 Å². The molecule has 1 heterocycles. The summed E-state index contributed by atoms with van der Waals surface area (Å²) in [5.74, 6) is 0.692. The lowest BCUT2D eigenvalue weighted by Crippen LogP contribution is -2.33. The molecule has 0 amide bonds. The van der Waals surface area contributed by atoms with Gasteiger partial charge in [-0.05, 0) is 46.3 Å². The Bertz CT molecular complexity index is 359. The number of halogens is 1. The first-order valence-electron chi connectivity index (χ1n) is 6.03. The van der Waals surface area contributed by atoms with Gasteiger partial charge in [-0.3, -0.25) is 0 Å². The van der Waals surface area contributed by atoms with E-state index in [1.165, 1.54) is 9.35 Å². The second-order valence-electron chi connectivity index (χ2n) is 5.25. The lowest BCUT2D eigenvalue weighted by atomic mass is 9.86. The van der Waals surface area contributed by atoms with Crippen molar-refractivity contribution in [2.75, 3.05) is 13.1 Å². The first kappa shape index (κ1) is 14.9. The minimum atomic E-state index is 0.127. The maximum atomic E-state index is 3.99. The topological polar surface area (TPSA) is 12.0 Å². The van der Waals surface area contributed by atoms with Crippen LogP contribution in [0.15, 0.2) is 28.6 Å². The van der Waals surface area contributed by atoms with Crippen molar-refractivity contribution in [2.24, 2.45) is 11.3 Å². The summed E-state index contributed by atoms with van der Waals surface area (Å²) in [6.07, 6.45) is 3.12. The van der Waals surface area contributed by atoms with Crippen LogP contribution in [0.4, 0.5) is 0 Å². The van der Waals surface area contributed by atoms with Crippen LogP contribution in [0.25, 0.3) is 0 Å². The van der Waals surface area contributed by atoms with E-state index in [1.54, 1.807) is 0 Å². The first-order valence-corrected chi connectivity index (χ1v) is 7.70. The third kappa shape index (κ3) is 4.94.